The first-order chi connectivity index (χ1) is 11.9. The molecule has 1 aliphatic rings. The molecule has 3 aromatic heterocycles. The lowest BCUT2D eigenvalue weighted by atomic mass is 10.2. The van der Waals surface area contributed by atoms with Crippen LogP contribution in [0, 0.1) is 13.8 Å². The number of nitrogens with one attached hydrogen (secondary N) is 2. The molecule has 0 amide bonds. The van der Waals surface area contributed by atoms with E-state index in [9.17, 15) is 8.42 Å². The van der Waals surface area contributed by atoms with Gasteiger partial charge in [-0.1, -0.05) is 5.16 Å². The van der Waals surface area contributed by atoms with E-state index in [1.54, 1.807) is 12.1 Å². The minimum Gasteiger partial charge on any atom is -0.361 e. The van der Waals surface area contributed by atoms with Crippen LogP contribution in [0.15, 0.2) is 26.9 Å². The van der Waals surface area contributed by atoms with Gasteiger partial charge in [0, 0.05) is 10.8 Å². The highest BCUT2D eigenvalue weighted by Crippen LogP contribution is 2.39. The first-order valence-corrected chi connectivity index (χ1v) is 10.3. The number of aromatic nitrogens is 3. The normalized spacial score (nSPS) is 15.0. The maximum atomic E-state index is 12.5. The van der Waals surface area contributed by atoms with Crippen LogP contribution in [0.25, 0.3) is 10.4 Å². The number of thiophene rings is 1. The predicted molar refractivity (Wildman–Crippen MR) is 93.9 cm³/mol. The van der Waals surface area contributed by atoms with Gasteiger partial charge in [0.05, 0.1) is 29.2 Å². The van der Waals surface area contributed by atoms with Crippen LogP contribution in [0.3, 0.4) is 0 Å². The van der Waals surface area contributed by atoms with Gasteiger partial charge in [-0.15, -0.1) is 11.3 Å². The van der Waals surface area contributed by atoms with E-state index in [2.05, 4.69) is 20.1 Å². The molecule has 25 heavy (non-hydrogen) atoms. The molecule has 1 aliphatic carbocycles. The van der Waals surface area contributed by atoms with Crippen LogP contribution in [0.5, 0.6) is 0 Å². The monoisotopic (exact) mass is 378 g/mol. The van der Waals surface area contributed by atoms with Crippen LogP contribution in [0.4, 0.5) is 0 Å². The predicted octanol–water partition coefficient (Wildman–Crippen LogP) is 3.10. The van der Waals surface area contributed by atoms with E-state index in [-0.39, 0.29) is 10.8 Å². The summed E-state index contributed by atoms with van der Waals surface area (Å²) in [5.74, 6) is 1.22. The van der Waals surface area contributed by atoms with Gasteiger partial charge in [-0.05, 0) is 44.9 Å². The lowest BCUT2D eigenvalue weighted by Gasteiger charge is -2.02. The maximum absolute atomic E-state index is 12.5. The highest BCUT2D eigenvalue weighted by atomic mass is 32.2. The van der Waals surface area contributed by atoms with E-state index in [1.165, 1.54) is 11.3 Å². The summed E-state index contributed by atoms with van der Waals surface area (Å²) in [4.78, 5) is 0.828. The van der Waals surface area contributed by atoms with Gasteiger partial charge in [0.2, 0.25) is 10.0 Å². The zero-order valence-electron chi connectivity index (χ0n) is 13.9. The molecule has 0 spiro atoms. The summed E-state index contributed by atoms with van der Waals surface area (Å²) in [7, 11) is -3.58. The Hall–Kier alpha value is -1.97. The quantitative estimate of drug-likeness (QED) is 0.686. The fourth-order valence-corrected chi connectivity index (χ4v) is 5.24. The molecular formula is C16H18N4O3S2. The molecule has 0 unspecified atom stereocenters. The van der Waals surface area contributed by atoms with Gasteiger partial charge in [-0.25, -0.2) is 13.1 Å². The minimum atomic E-state index is -3.58. The van der Waals surface area contributed by atoms with Crippen LogP contribution in [-0.2, 0) is 16.6 Å². The van der Waals surface area contributed by atoms with Crippen molar-refractivity contribution in [1.29, 1.82) is 0 Å². The fraction of sp³-hybridized carbons (Fsp3) is 0.375. The van der Waals surface area contributed by atoms with Gasteiger partial charge in [-0.3, -0.25) is 5.10 Å². The zero-order valence-corrected chi connectivity index (χ0v) is 15.5. The smallest absolute Gasteiger partial charge is 0.250 e. The molecule has 0 aliphatic heterocycles. The molecule has 4 rings (SSSR count). The number of aryl methyl sites for hydroxylation is 2. The van der Waals surface area contributed by atoms with Crippen molar-refractivity contribution in [2.24, 2.45) is 0 Å². The number of aromatic amines is 1. The summed E-state index contributed by atoms with van der Waals surface area (Å²) in [6.07, 6.45) is 2.32. The van der Waals surface area contributed by atoms with Crippen LogP contribution < -0.4 is 4.72 Å². The molecule has 3 heterocycles. The Morgan fingerprint density at radius 2 is 2.16 bits per heavy atom. The molecule has 0 radical (unpaired) electrons. The van der Waals surface area contributed by atoms with Crippen molar-refractivity contribution in [3.63, 3.8) is 0 Å². The van der Waals surface area contributed by atoms with Crippen LogP contribution in [0.1, 0.15) is 41.6 Å². The third-order valence-electron chi connectivity index (χ3n) is 4.22. The van der Waals surface area contributed by atoms with Crippen molar-refractivity contribution in [2.75, 3.05) is 0 Å². The van der Waals surface area contributed by atoms with Crippen LogP contribution in [-0.4, -0.2) is 23.8 Å². The number of nitrogens with zero attached hydrogens (tertiary/aromatic N) is 2. The molecule has 132 valence electrons. The highest BCUT2D eigenvalue weighted by Gasteiger charge is 2.26. The molecule has 0 saturated heterocycles. The number of hydrogen-bond acceptors (Lipinski definition) is 6. The van der Waals surface area contributed by atoms with E-state index in [1.807, 2.05) is 19.9 Å². The molecule has 1 saturated carbocycles. The Labute approximate surface area is 149 Å². The van der Waals surface area contributed by atoms with Gasteiger partial charge in [0.15, 0.2) is 0 Å². The van der Waals surface area contributed by atoms with E-state index in [0.29, 0.717) is 11.7 Å². The standard InChI is InChI=1S/C16H18N4O3S2/c1-9-16(10(2)23-20-9)14-5-6-15(24-14)25(21,22)17-8-12-7-13(19-18-12)11-3-4-11/h5-7,11,17H,3-4,8H2,1-2H3,(H,18,19). The highest BCUT2D eigenvalue weighted by molar-refractivity contribution is 7.91. The molecule has 9 heteroatoms. The summed E-state index contributed by atoms with van der Waals surface area (Å²) >= 11 is 1.20. The van der Waals surface area contributed by atoms with Crippen molar-refractivity contribution >= 4 is 21.4 Å². The SMILES string of the molecule is Cc1noc(C)c1-c1ccc(S(=O)(=O)NCc2cc(C3CC3)n[nH]2)s1. The average Bonchev–Trinajstić information content (AvgIpc) is 2.97. The Balaban J connectivity index is 1.50. The maximum Gasteiger partial charge on any atom is 0.250 e. The molecule has 0 aromatic carbocycles. The molecule has 2 N–H and O–H groups in total. The van der Waals surface area contributed by atoms with E-state index in [0.717, 1.165) is 40.4 Å². The van der Waals surface area contributed by atoms with Crippen molar-refractivity contribution < 1.29 is 12.9 Å². The summed E-state index contributed by atoms with van der Waals surface area (Å²) in [5, 5.41) is 11.1. The fourth-order valence-electron chi connectivity index (χ4n) is 2.74. The topological polar surface area (TPSA) is 101 Å². The van der Waals surface area contributed by atoms with Gasteiger partial charge < -0.3 is 4.52 Å². The summed E-state index contributed by atoms with van der Waals surface area (Å²) < 4.78 is 33.1. The van der Waals surface area contributed by atoms with Gasteiger partial charge in [0.25, 0.3) is 0 Å². The Morgan fingerprint density at radius 3 is 2.84 bits per heavy atom. The Morgan fingerprint density at radius 1 is 1.36 bits per heavy atom. The third-order valence-corrected chi connectivity index (χ3v) is 7.22. The Bertz CT molecular complexity index is 993. The second-order valence-electron chi connectivity index (χ2n) is 6.23. The summed E-state index contributed by atoms with van der Waals surface area (Å²) in [6, 6.07) is 5.33. The zero-order chi connectivity index (χ0) is 17.6. The first kappa shape index (κ1) is 16.5. The van der Waals surface area contributed by atoms with Crippen molar-refractivity contribution in [2.45, 2.75) is 43.4 Å². The molecule has 7 nitrogen and oxygen atoms in total. The number of H-pyrrole nitrogens is 1. The summed E-state index contributed by atoms with van der Waals surface area (Å²) in [5.41, 5.74) is 3.40. The Kier molecular flexibility index (Phi) is 4.01. The first-order valence-electron chi connectivity index (χ1n) is 8.01. The second kappa shape index (κ2) is 6.08. The van der Waals surface area contributed by atoms with Crippen molar-refractivity contribution in [1.82, 2.24) is 20.1 Å². The second-order valence-corrected chi connectivity index (χ2v) is 9.31. The minimum absolute atomic E-state index is 0.195. The van der Waals surface area contributed by atoms with E-state index >= 15 is 0 Å². The van der Waals surface area contributed by atoms with Crippen molar-refractivity contribution in [3.8, 4) is 10.4 Å². The van der Waals surface area contributed by atoms with E-state index in [4.69, 9.17) is 4.52 Å². The molecular weight excluding hydrogens is 360 g/mol. The number of rotatable bonds is 6. The lowest BCUT2D eigenvalue weighted by Crippen LogP contribution is -2.22. The average molecular weight is 378 g/mol. The third kappa shape index (κ3) is 3.26. The van der Waals surface area contributed by atoms with Crippen LogP contribution >= 0.6 is 11.3 Å². The molecule has 1 fully saturated rings. The van der Waals surface area contributed by atoms with Crippen molar-refractivity contribution in [3.05, 3.63) is 41.0 Å². The number of hydrogen-bond donors (Lipinski definition) is 2. The van der Waals surface area contributed by atoms with Gasteiger partial charge >= 0.3 is 0 Å². The largest absolute Gasteiger partial charge is 0.361 e. The molecule has 0 bridgehead atoms. The summed E-state index contributed by atoms with van der Waals surface area (Å²) in [6.45, 7) is 3.85. The van der Waals surface area contributed by atoms with Gasteiger partial charge in [-0.2, -0.15) is 5.10 Å². The molecule has 3 aromatic rings. The molecule has 0 atom stereocenters. The number of sulfonamides is 1. The lowest BCUT2D eigenvalue weighted by molar-refractivity contribution is 0.393. The van der Waals surface area contributed by atoms with Crippen LogP contribution in [0.2, 0.25) is 0 Å². The van der Waals surface area contributed by atoms with Gasteiger partial charge in [0.1, 0.15) is 9.97 Å². The van der Waals surface area contributed by atoms with E-state index < -0.39 is 10.0 Å².